The highest BCUT2D eigenvalue weighted by atomic mass is 127. The number of halogens is 1. The Morgan fingerprint density at radius 2 is 1.94 bits per heavy atom. The van der Waals surface area contributed by atoms with E-state index in [4.69, 9.17) is 19.0 Å². The maximum Gasteiger partial charge on any atom is 0.226 e. The number of aryl methyl sites for hydroxylation is 1. The molecule has 1 aromatic heterocycles. The van der Waals surface area contributed by atoms with E-state index in [0.717, 1.165) is 55.6 Å². The molecule has 1 aromatic carbocycles. The van der Waals surface area contributed by atoms with Gasteiger partial charge in [-0.3, -0.25) is 4.99 Å². The highest BCUT2D eigenvalue weighted by Gasteiger charge is 2.10. The zero-order valence-electron chi connectivity index (χ0n) is 19.5. The van der Waals surface area contributed by atoms with Crippen LogP contribution in [0.3, 0.4) is 0 Å². The quantitative estimate of drug-likeness (QED) is 0.199. The molecule has 1 heterocycles. The van der Waals surface area contributed by atoms with Crippen LogP contribution in [0.25, 0.3) is 0 Å². The summed E-state index contributed by atoms with van der Waals surface area (Å²) >= 11 is 0. The van der Waals surface area contributed by atoms with E-state index in [-0.39, 0.29) is 29.9 Å². The van der Waals surface area contributed by atoms with Crippen molar-refractivity contribution in [3.63, 3.8) is 0 Å². The summed E-state index contributed by atoms with van der Waals surface area (Å²) in [5, 5.41) is 7.36. The molecule has 8 nitrogen and oxygen atoms in total. The lowest BCUT2D eigenvalue weighted by Gasteiger charge is -2.22. The molecule has 2 rings (SSSR count). The van der Waals surface area contributed by atoms with Gasteiger partial charge in [-0.15, -0.1) is 24.0 Å². The fourth-order valence-corrected chi connectivity index (χ4v) is 2.93. The lowest BCUT2D eigenvalue weighted by Crippen LogP contribution is -2.40. The molecule has 0 aliphatic heterocycles. The average molecular weight is 545 g/mol. The summed E-state index contributed by atoms with van der Waals surface area (Å²) in [7, 11) is 5.35. The maximum absolute atomic E-state index is 5.39. The van der Waals surface area contributed by atoms with Crippen molar-refractivity contribution in [1.29, 1.82) is 0 Å². The van der Waals surface area contributed by atoms with Crippen molar-refractivity contribution in [1.82, 2.24) is 20.4 Å². The van der Waals surface area contributed by atoms with E-state index in [9.17, 15) is 0 Å². The molecule has 9 heteroatoms. The van der Waals surface area contributed by atoms with E-state index in [2.05, 4.69) is 54.2 Å². The first-order valence-electron chi connectivity index (χ1n) is 10.5. The normalized spacial score (nSPS) is 11.3. The van der Waals surface area contributed by atoms with Gasteiger partial charge in [0.2, 0.25) is 5.89 Å². The lowest BCUT2D eigenvalue weighted by molar-refractivity contribution is 0.354. The van der Waals surface area contributed by atoms with E-state index in [1.165, 1.54) is 5.56 Å². The first kappa shape index (κ1) is 27.0. The molecule has 0 fully saturated rings. The Morgan fingerprint density at radius 1 is 1.19 bits per heavy atom. The van der Waals surface area contributed by atoms with Gasteiger partial charge < -0.3 is 24.2 Å². The van der Waals surface area contributed by atoms with Gasteiger partial charge in [-0.2, -0.15) is 4.98 Å². The number of benzene rings is 1. The molecular weight excluding hydrogens is 509 g/mol. The Kier molecular flexibility index (Phi) is 12.3. The first-order valence-corrected chi connectivity index (χ1v) is 10.5. The molecule has 0 aliphatic rings. The van der Waals surface area contributed by atoms with Crippen LogP contribution >= 0.6 is 24.0 Å². The van der Waals surface area contributed by atoms with Gasteiger partial charge in [0.15, 0.2) is 23.3 Å². The third-order valence-corrected chi connectivity index (χ3v) is 4.69. The topological polar surface area (TPSA) is 85.0 Å². The van der Waals surface area contributed by atoms with Crippen LogP contribution in [0, 0.1) is 0 Å². The summed E-state index contributed by atoms with van der Waals surface area (Å²) in [5.74, 6) is 4.11. The van der Waals surface area contributed by atoms with Crippen LogP contribution in [-0.2, 0) is 12.8 Å². The molecular formula is C22H36IN5O3. The second-order valence-corrected chi connectivity index (χ2v) is 7.40. The molecule has 0 unspecified atom stereocenters. The van der Waals surface area contributed by atoms with Crippen LogP contribution in [-0.4, -0.2) is 61.9 Å². The number of aromatic nitrogens is 2. The first-order chi connectivity index (χ1) is 14.5. The molecule has 0 saturated carbocycles. The van der Waals surface area contributed by atoms with Crippen LogP contribution in [0.15, 0.2) is 27.7 Å². The van der Waals surface area contributed by atoms with Crippen molar-refractivity contribution in [2.45, 2.75) is 46.0 Å². The molecule has 0 radical (unpaired) electrons. The van der Waals surface area contributed by atoms with Crippen LogP contribution < -0.4 is 14.8 Å². The number of nitrogens with one attached hydrogen (secondary N) is 1. The van der Waals surface area contributed by atoms with E-state index < -0.39 is 0 Å². The second-order valence-electron chi connectivity index (χ2n) is 7.40. The van der Waals surface area contributed by atoms with Gasteiger partial charge in [0.25, 0.3) is 0 Å². The summed E-state index contributed by atoms with van der Waals surface area (Å²) < 4.78 is 16.0. The van der Waals surface area contributed by atoms with E-state index in [1.54, 1.807) is 14.2 Å². The summed E-state index contributed by atoms with van der Waals surface area (Å²) in [6, 6.07) is 6.03. The zero-order valence-corrected chi connectivity index (χ0v) is 21.8. The predicted molar refractivity (Wildman–Crippen MR) is 134 cm³/mol. The number of likely N-dealkylation sites (N-methyl/N-ethyl adjacent to an activating group) is 1. The minimum Gasteiger partial charge on any atom is -0.493 e. The van der Waals surface area contributed by atoms with Crippen molar-refractivity contribution in [3.05, 3.63) is 35.5 Å². The summed E-state index contributed by atoms with van der Waals surface area (Å²) in [5.41, 5.74) is 1.19. The van der Waals surface area contributed by atoms with Crippen LogP contribution in [0.4, 0.5) is 0 Å². The largest absolute Gasteiger partial charge is 0.493 e. The number of rotatable bonds is 11. The van der Waals surface area contributed by atoms with Gasteiger partial charge in [-0.25, -0.2) is 0 Å². The number of hydrogen-bond acceptors (Lipinski definition) is 6. The molecule has 31 heavy (non-hydrogen) atoms. The van der Waals surface area contributed by atoms with E-state index >= 15 is 0 Å². The van der Waals surface area contributed by atoms with Crippen molar-refractivity contribution in [2.24, 2.45) is 4.99 Å². The van der Waals surface area contributed by atoms with Crippen molar-refractivity contribution < 1.29 is 14.0 Å². The molecule has 174 valence electrons. The monoisotopic (exact) mass is 545 g/mol. The van der Waals surface area contributed by atoms with E-state index in [1.807, 2.05) is 12.1 Å². The molecule has 1 N–H and O–H groups in total. The smallest absolute Gasteiger partial charge is 0.226 e. The lowest BCUT2D eigenvalue weighted by atomic mass is 10.1. The number of guanidine groups is 1. The van der Waals surface area contributed by atoms with Gasteiger partial charge >= 0.3 is 0 Å². The fraction of sp³-hybridized carbons (Fsp3) is 0.591. The molecule has 0 spiro atoms. The molecule has 0 bridgehead atoms. The number of methoxy groups -OCH3 is 2. The van der Waals surface area contributed by atoms with Crippen LogP contribution in [0.5, 0.6) is 11.5 Å². The third-order valence-electron chi connectivity index (χ3n) is 4.69. The highest BCUT2D eigenvalue weighted by Crippen LogP contribution is 2.27. The molecule has 0 amide bonds. The van der Waals surface area contributed by atoms with Gasteiger partial charge in [0.05, 0.1) is 14.2 Å². The number of hydrogen-bond donors (Lipinski definition) is 1. The summed E-state index contributed by atoms with van der Waals surface area (Å²) in [6.45, 7) is 8.54. The Morgan fingerprint density at radius 3 is 2.55 bits per heavy atom. The summed E-state index contributed by atoms with van der Waals surface area (Å²) in [4.78, 5) is 11.3. The maximum atomic E-state index is 5.39. The Hall–Kier alpha value is -2.04. The predicted octanol–water partition coefficient (Wildman–Crippen LogP) is 3.90. The highest BCUT2D eigenvalue weighted by molar-refractivity contribution is 14.0. The molecule has 0 aliphatic carbocycles. The third kappa shape index (κ3) is 8.54. The number of aliphatic imine (C=N–C) groups is 1. The molecule has 2 aromatic rings. The van der Waals surface area contributed by atoms with Gasteiger partial charge in [0, 0.05) is 39.0 Å². The zero-order chi connectivity index (χ0) is 21.9. The minimum atomic E-state index is 0. The van der Waals surface area contributed by atoms with Crippen molar-refractivity contribution in [3.8, 4) is 11.5 Å². The van der Waals surface area contributed by atoms with Crippen LogP contribution in [0.1, 0.15) is 50.4 Å². The Balaban J connectivity index is 0.00000480. The number of nitrogens with zero attached hydrogens (tertiary/aromatic N) is 4. The SMILES string of the molecule is CCNC(=NCCCc1nc(C(C)C)no1)N(C)CCc1ccc(OC)c(OC)c1.I. The Labute approximate surface area is 202 Å². The second kappa shape index (κ2) is 14.1. The number of ether oxygens (including phenoxy) is 2. The molecule has 0 saturated heterocycles. The molecule has 0 atom stereocenters. The van der Waals surface area contributed by atoms with Crippen molar-refractivity contribution in [2.75, 3.05) is 40.9 Å². The fourth-order valence-electron chi connectivity index (χ4n) is 2.93. The van der Waals surface area contributed by atoms with Gasteiger partial charge in [0.1, 0.15) is 0 Å². The van der Waals surface area contributed by atoms with E-state index in [0.29, 0.717) is 12.4 Å². The van der Waals surface area contributed by atoms with Crippen LogP contribution in [0.2, 0.25) is 0 Å². The minimum absolute atomic E-state index is 0. The Bertz CT molecular complexity index is 810. The average Bonchev–Trinajstić information content (AvgIpc) is 3.23. The van der Waals surface area contributed by atoms with Gasteiger partial charge in [-0.05, 0) is 37.5 Å². The standard InChI is InChI=1S/C22H35N5O3.HI/c1-7-23-22(24-13-8-9-20-25-21(16(2)3)26-30-20)27(4)14-12-17-10-11-18(28-5)19(15-17)29-6;/h10-11,15-16H,7-9,12-14H2,1-6H3,(H,23,24);1H. The van der Waals surface area contributed by atoms with Crippen molar-refractivity contribution >= 4 is 29.9 Å². The van der Waals surface area contributed by atoms with Gasteiger partial charge in [-0.1, -0.05) is 25.1 Å². The summed E-state index contributed by atoms with van der Waals surface area (Å²) in [6.07, 6.45) is 2.47.